The summed E-state index contributed by atoms with van der Waals surface area (Å²) in [5, 5.41) is 3.23. The van der Waals surface area contributed by atoms with Crippen LogP contribution in [-0.2, 0) is 22.4 Å². The van der Waals surface area contributed by atoms with Gasteiger partial charge in [-0.2, -0.15) is 0 Å². The molecule has 19 heavy (non-hydrogen) atoms. The number of carbonyl (C=O) groups excluding carboxylic acids is 1. The number of carbonyl (C=O) groups is 1. The van der Waals surface area contributed by atoms with Crippen LogP contribution in [0.4, 0.5) is 0 Å². The second kappa shape index (κ2) is 8.53. The molecule has 0 spiro atoms. The zero-order chi connectivity index (χ0) is 14.1. The van der Waals surface area contributed by atoms with E-state index >= 15 is 0 Å². The molecule has 0 heterocycles. The Morgan fingerprint density at radius 2 is 2.05 bits per heavy atom. The van der Waals surface area contributed by atoms with E-state index in [1.54, 1.807) is 7.11 Å². The number of hydrogen-bond acceptors (Lipinski definition) is 4. The van der Waals surface area contributed by atoms with Gasteiger partial charge in [0.25, 0.3) is 0 Å². The van der Waals surface area contributed by atoms with Crippen molar-refractivity contribution in [3.8, 4) is 5.75 Å². The van der Waals surface area contributed by atoms with Gasteiger partial charge in [-0.3, -0.25) is 4.79 Å². The number of benzene rings is 1. The predicted molar refractivity (Wildman–Crippen MR) is 75.6 cm³/mol. The summed E-state index contributed by atoms with van der Waals surface area (Å²) in [6.07, 6.45) is 2.32. The van der Waals surface area contributed by atoms with Crippen molar-refractivity contribution in [2.45, 2.75) is 26.2 Å². The SMILES string of the molecule is CCc1cc(CCNCCC(=O)OC)ccc1OC. The lowest BCUT2D eigenvalue weighted by Gasteiger charge is -2.09. The highest BCUT2D eigenvalue weighted by atomic mass is 16.5. The van der Waals surface area contributed by atoms with Gasteiger partial charge in [0.05, 0.1) is 20.6 Å². The van der Waals surface area contributed by atoms with Crippen molar-refractivity contribution >= 4 is 5.97 Å². The van der Waals surface area contributed by atoms with E-state index in [9.17, 15) is 4.79 Å². The zero-order valence-electron chi connectivity index (χ0n) is 12.0. The van der Waals surface area contributed by atoms with Gasteiger partial charge in [-0.05, 0) is 36.6 Å². The summed E-state index contributed by atoms with van der Waals surface area (Å²) < 4.78 is 9.88. The molecular formula is C15H23NO3. The molecule has 1 N–H and O–H groups in total. The molecule has 0 aliphatic rings. The molecule has 0 aromatic heterocycles. The highest BCUT2D eigenvalue weighted by Gasteiger charge is 2.03. The number of rotatable bonds is 8. The van der Waals surface area contributed by atoms with Gasteiger partial charge in [0.1, 0.15) is 5.75 Å². The van der Waals surface area contributed by atoms with E-state index in [1.807, 2.05) is 6.07 Å². The van der Waals surface area contributed by atoms with Crippen molar-refractivity contribution < 1.29 is 14.3 Å². The van der Waals surface area contributed by atoms with E-state index in [2.05, 4.69) is 29.1 Å². The maximum Gasteiger partial charge on any atom is 0.306 e. The molecule has 0 aliphatic carbocycles. The average molecular weight is 265 g/mol. The molecule has 0 fully saturated rings. The number of aryl methyl sites for hydroxylation is 1. The Bertz CT molecular complexity index is 404. The first kappa shape index (κ1) is 15.5. The van der Waals surface area contributed by atoms with Crippen LogP contribution in [0.5, 0.6) is 5.75 Å². The Hall–Kier alpha value is -1.55. The van der Waals surface area contributed by atoms with Crippen LogP contribution in [0.25, 0.3) is 0 Å². The summed E-state index contributed by atoms with van der Waals surface area (Å²) in [6.45, 7) is 3.63. The van der Waals surface area contributed by atoms with Crippen LogP contribution in [0.3, 0.4) is 0 Å². The minimum Gasteiger partial charge on any atom is -0.496 e. The van der Waals surface area contributed by atoms with Crippen LogP contribution in [0, 0.1) is 0 Å². The van der Waals surface area contributed by atoms with Gasteiger partial charge >= 0.3 is 5.97 Å². The molecule has 1 aromatic carbocycles. The quantitative estimate of drug-likeness (QED) is 0.576. The number of hydrogen-bond donors (Lipinski definition) is 1. The van der Waals surface area contributed by atoms with Crippen LogP contribution in [0.2, 0.25) is 0 Å². The highest BCUT2D eigenvalue weighted by molar-refractivity contribution is 5.69. The molecule has 106 valence electrons. The number of ether oxygens (including phenoxy) is 2. The molecule has 0 saturated carbocycles. The van der Waals surface area contributed by atoms with Crippen molar-refractivity contribution in [1.82, 2.24) is 5.32 Å². The Balaban J connectivity index is 2.35. The summed E-state index contributed by atoms with van der Waals surface area (Å²) in [7, 11) is 3.11. The maximum atomic E-state index is 10.9. The lowest BCUT2D eigenvalue weighted by Crippen LogP contribution is -2.21. The molecule has 0 radical (unpaired) electrons. The van der Waals surface area contributed by atoms with Gasteiger partial charge in [-0.25, -0.2) is 0 Å². The second-order valence-electron chi connectivity index (χ2n) is 4.33. The minimum atomic E-state index is -0.176. The van der Waals surface area contributed by atoms with Crippen LogP contribution < -0.4 is 10.1 Å². The average Bonchev–Trinajstić information content (AvgIpc) is 2.46. The van der Waals surface area contributed by atoms with Gasteiger partial charge < -0.3 is 14.8 Å². The van der Waals surface area contributed by atoms with Crippen molar-refractivity contribution in [3.05, 3.63) is 29.3 Å². The minimum absolute atomic E-state index is 0.176. The summed E-state index contributed by atoms with van der Waals surface area (Å²) >= 11 is 0. The normalized spacial score (nSPS) is 10.3. The highest BCUT2D eigenvalue weighted by Crippen LogP contribution is 2.20. The van der Waals surface area contributed by atoms with E-state index in [0.717, 1.165) is 25.1 Å². The van der Waals surface area contributed by atoms with E-state index < -0.39 is 0 Å². The largest absolute Gasteiger partial charge is 0.496 e. The number of esters is 1. The van der Waals surface area contributed by atoms with Gasteiger partial charge in [0.2, 0.25) is 0 Å². The maximum absolute atomic E-state index is 10.9. The molecule has 0 atom stereocenters. The first-order chi connectivity index (χ1) is 9.21. The Morgan fingerprint density at radius 1 is 1.26 bits per heavy atom. The van der Waals surface area contributed by atoms with E-state index in [4.69, 9.17) is 4.74 Å². The molecule has 0 bridgehead atoms. The number of methoxy groups -OCH3 is 2. The monoisotopic (exact) mass is 265 g/mol. The fourth-order valence-electron chi connectivity index (χ4n) is 1.91. The third kappa shape index (κ3) is 5.30. The van der Waals surface area contributed by atoms with E-state index in [0.29, 0.717) is 13.0 Å². The van der Waals surface area contributed by atoms with Gasteiger partial charge in [-0.1, -0.05) is 19.1 Å². The molecule has 0 unspecified atom stereocenters. The van der Waals surface area contributed by atoms with Crippen molar-refractivity contribution in [2.75, 3.05) is 27.3 Å². The first-order valence-corrected chi connectivity index (χ1v) is 6.64. The lowest BCUT2D eigenvalue weighted by atomic mass is 10.1. The van der Waals surface area contributed by atoms with Crippen molar-refractivity contribution in [1.29, 1.82) is 0 Å². The standard InChI is InChI=1S/C15H23NO3/c1-4-13-11-12(5-6-14(13)18-2)7-9-16-10-8-15(17)19-3/h5-6,11,16H,4,7-10H2,1-3H3. The molecule has 4 heteroatoms. The predicted octanol–water partition coefficient (Wildman–Crippen LogP) is 1.95. The van der Waals surface area contributed by atoms with Crippen LogP contribution in [0.15, 0.2) is 18.2 Å². The first-order valence-electron chi connectivity index (χ1n) is 6.64. The Kier molecular flexibility index (Phi) is 6.97. The summed E-state index contributed by atoms with van der Waals surface area (Å²) in [5.41, 5.74) is 2.51. The zero-order valence-corrected chi connectivity index (χ0v) is 12.0. The van der Waals surface area contributed by atoms with E-state index in [-0.39, 0.29) is 5.97 Å². The molecule has 1 aromatic rings. The fourth-order valence-corrected chi connectivity index (χ4v) is 1.91. The van der Waals surface area contributed by atoms with Gasteiger partial charge in [0, 0.05) is 6.54 Å². The Labute approximate surface area is 115 Å². The van der Waals surface area contributed by atoms with Gasteiger partial charge in [-0.15, -0.1) is 0 Å². The summed E-state index contributed by atoms with van der Waals surface area (Å²) in [5.74, 6) is 0.773. The molecule has 0 amide bonds. The topological polar surface area (TPSA) is 47.6 Å². The molecule has 4 nitrogen and oxygen atoms in total. The van der Waals surface area contributed by atoms with Crippen LogP contribution in [-0.4, -0.2) is 33.3 Å². The molecular weight excluding hydrogens is 242 g/mol. The second-order valence-corrected chi connectivity index (χ2v) is 4.33. The molecule has 0 aliphatic heterocycles. The lowest BCUT2D eigenvalue weighted by molar-refractivity contribution is -0.140. The van der Waals surface area contributed by atoms with Crippen molar-refractivity contribution in [3.63, 3.8) is 0 Å². The summed E-state index contributed by atoms with van der Waals surface area (Å²) in [6, 6.07) is 6.28. The molecule has 0 saturated heterocycles. The smallest absolute Gasteiger partial charge is 0.306 e. The van der Waals surface area contributed by atoms with Crippen molar-refractivity contribution in [2.24, 2.45) is 0 Å². The summed E-state index contributed by atoms with van der Waals surface area (Å²) in [4.78, 5) is 10.9. The Morgan fingerprint density at radius 3 is 2.68 bits per heavy atom. The molecule has 1 rings (SSSR count). The fraction of sp³-hybridized carbons (Fsp3) is 0.533. The third-order valence-electron chi connectivity index (χ3n) is 3.05. The third-order valence-corrected chi connectivity index (χ3v) is 3.05. The van der Waals surface area contributed by atoms with Crippen LogP contribution >= 0.6 is 0 Å². The number of nitrogens with one attached hydrogen (secondary N) is 1. The van der Waals surface area contributed by atoms with Crippen LogP contribution in [0.1, 0.15) is 24.5 Å². The van der Waals surface area contributed by atoms with E-state index in [1.165, 1.54) is 18.2 Å². The van der Waals surface area contributed by atoms with Gasteiger partial charge in [0.15, 0.2) is 0 Å².